The van der Waals surface area contributed by atoms with E-state index >= 15 is 0 Å². The molecule has 0 aliphatic carbocycles. The molecule has 0 spiro atoms. The molecule has 4 rings (SSSR count). The highest BCUT2D eigenvalue weighted by Crippen LogP contribution is 2.24. The molecule has 3 heterocycles. The van der Waals surface area contributed by atoms with E-state index in [1.165, 1.54) is 0 Å². The zero-order valence-corrected chi connectivity index (χ0v) is 14.5. The quantitative estimate of drug-likeness (QED) is 0.520. The number of carbonyl (C=O) groups is 1. The monoisotopic (exact) mass is 364 g/mol. The van der Waals surface area contributed by atoms with Gasteiger partial charge >= 0.3 is 11.8 Å². The predicted octanol–water partition coefficient (Wildman–Crippen LogP) is 1.82. The van der Waals surface area contributed by atoms with Crippen LogP contribution in [0.1, 0.15) is 10.7 Å². The van der Waals surface area contributed by atoms with Gasteiger partial charge in [0, 0.05) is 31.0 Å². The molecule has 0 saturated carbocycles. The van der Waals surface area contributed by atoms with Crippen molar-refractivity contribution in [3.05, 3.63) is 54.7 Å². The van der Waals surface area contributed by atoms with Gasteiger partial charge in [-0.05, 0) is 18.2 Å². The summed E-state index contributed by atoms with van der Waals surface area (Å²) in [5.74, 6) is -0.201. The van der Waals surface area contributed by atoms with E-state index in [1.54, 1.807) is 17.8 Å². The number of hydrogen-bond donors (Lipinski definition) is 1. The van der Waals surface area contributed by atoms with Gasteiger partial charge in [0.2, 0.25) is 5.82 Å². The Morgan fingerprint density at radius 3 is 2.96 bits per heavy atom. The highest BCUT2D eigenvalue weighted by Gasteiger charge is 2.16. The van der Waals surface area contributed by atoms with Crippen molar-refractivity contribution in [2.75, 3.05) is 20.3 Å². The molecule has 0 saturated heterocycles. The molecule has 0 aliphatic heterocycles. The van der Waals surface area contributed by atoms with E-state index in [1.807, 2.05) is 42.6 Å². The van der Waals surface area contributed by atoms with Gasteiger partial charge in [0.25, 0.3) is 0 Å². The van der Waals surface area contributed by atoms with Crippen molar-refractivity contribution in [3.8, 4) is 22.6 Å². The third kappa shape index (κ3) is 3.53. The second-order valence-corrected chi connectivity index (χ2v) is 5.71. The molecule has 0 unspecified atom stereocenters. The molecule has 3 aromatic heterocycles. The maximum atomic E-state index is 12.0. The minimum Gasteiger partial charge on any atom is -0.383 e. The largest absolute Gasteiger partial charge is 0.383 e. The van der Waals surface area contributed by atoms with Crippen LogP contribution in [-0.4, -0.2) is 50.9 Å². The van der Waals surface area contributed by atoms with E-state index < -0.39 is 5.91 Å². The number of rotatable bonds is 6. The number of nitrogens with one attached hydrogen (secondary N) is 1. The van der Waals surface area contributed by atoms with Crippen molar-refractivity contribution >= 4 is 11.6 Å². The molecule has 0 atom stereocenters. The zero-order valence-electron chi connectivity index (χ0n) is 14.5. The molecule has 136 valence electrons. The van der Waals surface area contributed by atoms with Gasteiger partial charge in [-0.15, -0.1) is 0 Å². The standard InChI is InChI=1S/C18H16N6O3/c1-26-9-8-19-17(25)18-22-16(23-27-18)13-5-2-4-12(10-13)14-11-24-15(21-14)6-3-7-20-24/h2-7,10-11H,8-9H2,1H3,(H,19,25). The number of methoxy groups -OCH3 is 1. The third-order valence-corrected chi connectivity index (χ3v) is 3.87. The van der Waals surface area contributed by atoms with E-state index in [0.29, 0.717) is 19.0 Å². The Morgan fingerprint density at radius 1 is 1.22 bits per heavy atom. The summed E-state index contributed by atoms with van der Waals surface area (Å²) in [6.45, 7) is 0.771. The Hall–Kier alpha value is -3.59. The van der Waals surface area contributed by atoms with E-state index in [4.69, 9.17) is 9.26 Å². The summed E-state index contributed by atoms with van der Waals surface area (Å²) in [6.07, 6.45) is 3.55. The fourth-order valence-corrected chi connectivity index (χ4v) is 2.56. The van der Waals surface area contributed by atoms with Crippen LogP contribution in [0.2, 0.25) is 0 Å². The number of hydrogen-bond acceptors (Lipinski definition) is 7. The van der Waals surface area contributed by atoms with Crippen molar-refractivity contribution in [2.45, 2.75) is 0 Å². The molecule has 0 aliphatic rings. The first-order valence-corrected chi connectivity index (χ1v) is 8.26. The zero-order chi connectivity index (χ0) is 18.6. The molecule has 4 aromatic rings. The summed E-state index contributed by atoms with van der Waals surface area (Å²) in [4.78, 5) is 20.7. The number of amides is 1. The smallest absolute Gasteiger partial charge is 0.316 e. The number of nitrogens with zero attached hydrogens (tertiary/aromatic N) is 5. The van der Waals surface area contributed by atoms with Gasteiger partial charge < -0.3 is 14.6 Å². The van der Waals surface area contributed by atoms with Gasteiger partial charge in [-0.2, -0.15) is 10.1 Å². The molecule has 27 heavy (non-hydrogen) atoms. The van der Waals surface area contributed by atoms with Crippen LogP contribution in [0, 0.1) is 0 Å². The van der Waals surface area contributed by atoms with Gasteiger partial charge in [0.15, 0.2) is 5.65 Å². The van der Waals surface area contributed by atoms with Crippen molar-refractivity contribution in [2.24, 2.45) is 0 Å². The number of ether oxygens (including phenoxy) is 1. The highest BCUT2D eigenvalue weighted by atomic mass is 16.5. The molecule has 0 bridgehead atoms. The Balaban J connectivity index is 1.58. The SMILES string of the molecule is COCCNC(=O)c1nc(-c2cccc(-c3cn4ncccc4n3)c2)no1. The van der Waals surface area contributed by atoms with E-state index in [-0.39, 0.29) is 5.89 Å². The molecular formula is C18H16N6O3. The van der Waals surface area contributed by atoms with E-state index in [2.05, 4.69) is 25.5 Å². The third-order valence-electron chi connectivity index (χ3n) is 3.87. The summed E-state index contributed by atoms with van der Waals surface area (Å²) >= 11 is 0. The van der Waals surface area contributed by atoms with Crippen LogP contribution in [0.5, 0.6) is 0 Å². The number of benzene rings is 1. The minimum absolute atomic E-state index is 0.0940. The fourth-order valence-electron chi connectivity index (χ4n) is 2.56. The van der Waals surface area contributed by atoms with Crippen LogP contribution in [0.15, 0.2) is 53.3 Å². The van der Waals surface area contributed by atoms with Crippen molar-refractivity contribution in [1.82, 2.24) is 30.1 Å². The van der Waals surface area contributed by atoms with Crippen molar-refractivity contribution < 1.29 is 14.1 Å². The first kappa shape index (κ1) is 16.9. The van der Waals surface area contributed by atoms with Crippen LogP contribution in [-0.2, 0) is 4.74 Å². The predicted molar refractivity (Wildman–Crippen MR) is 95.9 cm³/mol. The fraction of sp³-hybridized carbons (Fsp3) is 0.167. The molecule has 9 heteroatoms. The number of fused-ring (bicyclic) bond motifs is 1. The molecule has 0 radical (unpaired) electrons. The van der Waals surface area contributed by atoms with Gasteiger partial charge in [-0.1, -0.05) is 23.4 Å². The normalized spacial score (nSPS) is 11.0. The molecule has 0 fully saturated rings. The van der Waals surface area contributed by atoms with Gasteiger partial charge in [0.1, 0.15) is 0 Å². The Bertz CT molecular complexity index is 1050. The first-order chi connectivity index (χ1) is 13.2. The molecular weight excluding hydrogens is 348 g/mol. The first-order valence-electron chi connectivity index (χ1n) is 8.26. The van der Waals surface area contributed by atoms with Crippen LogP contribution >= 0.6 is 0 Å². The molecule has 1 amide bonds. The maximum absolute atomic E-state index is 12.0. The lowest BCUT2D eigenvalue weighted by molar-refractivity contribution is 0.0893. The van der Waals surface area contributed by atoms with E-state index in [9.17, 15) is 4.79 Å². The van der Waals surface area contributed by atoms with Crippen LogP contribution < -0.4 is 5.32 Å². The molecule has 9 nitrogen and oxygen atoms in total. The average molecular weight is 364 g/mol. The summed E-state index contributed by atoms with van der Waals surface area (Å²) in [6, 6.07) is 11.3. The lowest BCUT2D eigenvalue weighted by Crippen LogP contribution is -2.27. The van der Waals surface area contributed by atoms with Crippen LogP contribution in [0.25, 0.3) is 28.3 Å². The lowest BCUT2D eigenvalue weighted by Gasteiger charge is -2.00. The maximum Gasteiger partial charge on any atom is 0.316 e. The Labute approximate surface area is 154 Å². The number of imidazole rings is 1. The van der Waals surface area contributed by atoms with Crippen LogP contribution in [0.4, 0.5) is 0 Å². The number of aromatic nitrogens is 5. The second-order valence-electron chi connectivity index (χ2n) is 5.71. The summed E-state index contributed by atoms with van der Waals surface area (Å²) in [7, 11) is 1.56. The summed E-state index contributed by atoms with van der Waals surface area (Å²) in [5, 5.41) is 10.8. The summed E-state index contributed by atoms with van der Waals surface area (Å²) < 4.78 is 11.7. The number of carbonyl (C=O) groups excluding carboxylic acids is 1. The Morgan fingerprint density at radius 2 is 2.11 bits per heavy atom. The molecule has 1 aromatic carbocycles. The highest BCUT2D eigenvalue weighted by molar-refractivity contribution is 5.89. The van der Waals surface area contributed by atoms with Gasteiger partial charge in [-0.25, -0.2) is 9.50 Å². The van der Waals surface area contributed by atoms with Crippen molar-refractivity contribution in [1.29, 1.82) is 0 Å². The average Bonchev–Trinajstić information content (AvgIpc) is 3.35. The van der Waals surface area contributed by atoms with Crippen LogP contribution in [0.3, 0.4) is 0 Å². The molecule has 1 N–H and O–H groups in total. The Kier molecular flexibility index (Phi) is 4.58. The van der Waals surface area contributed by atoms with Gasteiger partial charge in [-0.3, -0.25) is 4.79 Å². The topological polar surface area (TPSA) is 107 Å². The van der Waals surface area contributed by atoms with Gasteiger partial charge in [0.05, 0.1) is 18.5 Å². The van der Waals surface area contributed by atoms with Crippen molar-refractivity contribution in [3.63, 3.8) is 0 Å². The second kappa shape index (κ2) is 7.34. The lowest BCUT2D eigenvalue weighted by atomic mass is 10.1. The minimum atomic E-state index is -0.437. The summed E-state index contributed by atoms with van der Waals surface area (Å²) in [5.41, 5.74) is 3.13. The van der Waals surface area contributed by atoms with E-state index in [0.717, 1.165) is 22.5 Å².